The molecule has 2 aromatic heterocycles. The van der Waals surface area contributed by atoms with Crippen molar-refractivity contribution in [1.29, 1.82) is 0 Å². The van der Waals surface area contributed by atoms with Gasteiger partial charge in [-0.3, -0.25) is 14.7 Å². The fraction of sp³-hybridized carbons (Fsp3) is 0.364. The van der Waals surface area contributed by atoms with Crippen LogP contribution in [0.25, 0.3) is 11.0 Å². The van der Waals surface area contributed by atoms with Gasteiger partial charge >= 0.3 is 6.03 Å². The topological polar surface area (TPSA) is 105 Å². The summed E-state index contributed by atoms with van der Waals surface area (Å²) in [6.07, 6.45) is 1.56. The molecule has 9 nitrogen and oxygen atoms in total. The van der Waals surface area contributed by atoms with Crippen LogP contribution in [-0.4, -0.2) is 64.0 Å². The number of aromatic nitrogens is 2. The van der Waals surface area contributed by atoms with Crippen LogP contribution in [0, 0.1) is 11.6 Å². The quantitative estimate of drug-likeness (QED) is 0.554. The summed E-state index contributed by atoms with van der Waals surface area (Å²) >= 11 is 0. The minimum Gasteiger partial charge on any atom is -0.505 e. The van der Waals surface area contributed by atoms with Crippen LogP contribution >= 0.6 is 0 Å². The summed E-state index contributed by atoms with van der Waals surface area (Å²) in [6.45, 7) is 5.50. The van der Waals surface area contributed by atoms with E-state index in [1.54, 1.807) is 13.1 Å². The van der Waals surface area contributed by atoms with E-state index in [0.717, 1.165) is 29.1 Å². The summed E-state index contributed by atoms with van der Waals surface area (Å²) in [6, 6.07) is 1.84. The lowest BCUT2D eigenvalue weighted by molar-refractivity contribution is 0.0337. The normalized spacial score (nSPS) is 17.1. The molecule has 0 spiro atoms. The Balaban J connectivity index is 1.56. The highest BCUT2D eigenvalue weighted by Gasteiger charge is 2.37. The summed E-state index contributed by atoms with van der Waals surface area (Å²) < 4.78 is 34.7. The SMILES string of the molecule is CCN1C(=O)N(c2c(F)c(O)cc(O)c2F)Cc2cnc3[nH]c(CN4CCOCC4)cc3c21. The first-order valence-corrected chi connectivity index (χ1v) is 10.7. The third kappa shape index (κ3) is 3.53. The fourth-order valence-corrected chi connectivity index (χ4v) is 4.46. The smallest absolute Gasteiger partial charge is 0.329 e. The number of H-pyrrole nitrogens is 1. The molecular formula is C22H23F2N5O4. The van der Waals surface area contributed by atoms with Crippen molar-refractivity contribution < 1.29 is 28.5 Å². The van der Waals surface area contributed by atoms with Gasteiger partial charge in [-0.15, -0.1) is 0 Å². The number of aromatic hydroxyl groups is 2. The van der Waals surface area contributed by atoms with Gasteiger partial charge in [-0.25, -0.2) is 18.6 Å². The summed E-state index contributed by atoms with van der Waals surface area (Å²) in [5.41, 5.74) is 1.96. The lowest BCUT2D eigenvalue weighted by Crippen LogP contribution is -2.48. The first kappa shape index (κ1) is 21.4. The van der Waals surface area contributed by atoms with E-state index in [1.807, 2.05) is 6.07 Å². The molecule has 2 aliphatic rings. The third-order valence-electron chi connectivity index (χ3n) is 6.04. The molecule has 0 aliphatic carbocycles. The predicted molar refractivity (Wildman–Crippen MR) is 116 cm³/mol. The van der Waals surface area contributed by atoms with E-state index in [0.29, 0.717) is 42.7 Å². The molecule has 0 radical (unpaired) electrons. The summed E-state index contributed by atoms with van der Waals surface area (Å²) in [5, 5.41) is 20.2. The zero-order valence-electron chi connectivity index (χ0n) is 17.9. The number of fused-ring (bicyclic) bond motifs is 3. The van der Waals surface area contributed by atoms with Gasteiger partial charge in [0.25, 0.3) is 0 Å². The Bertz CT molecular complexity index is 1220. The van der Waals surface area contributed by atoms with Crippen LogP contribution in [0.15, 0.2) is 18.3 Å². The monoisotopic (exact) mass is 459 g/mol. The van der Waals surface area contributed by atoms with Crippen molar-refractivity contribution >= 4 is 28.4 Å². The molecule has 11 heteroatoms. The van der Waals surface area contributed by atoms with Crippen molar-refractivity contribution in [3.8, 4) is 11.5 Å². The Labute approximate surface area is 187 Å². The number of anilines is 2. The van der Waals surface area contributed by atoms with Crippen molar-refractivity contribution in [2.24, 2.45) is 0 Å². The second-order valence-electron chi connectivity index (χ2n) is 8.08. The number of urea groups is 1. The number of hydrogen-bond acceptors (Lipinski definition) is 6. The number of hydrogen-bond donors (Lipinski definition) is 3. The second kappa shape index (κ2) is 8.16. The number of ether oxygens (including phenoxy) is 1. The third-order valence-corrected chi connectivity index (χ3v) is 6.04. The highest BCUT2D eigenvalue weighted by molar-refractivity contribution is 6.11. The van der Waals surface area contributed by atoms with Gasteiger partial charge in [0.15, 0.2) is 23.1 Å². The van der Waals surface area contributed by atoms with Crippen molar-refractivity contribution in [2.45, 2.75) is 20.0 Å². The van der Waals surface area contributed by atoms with Crippen LogP contribution in [0.4, 0.5) is 25.0 Å². The molecule has 33 heavy (non-hydrogen) atoms. The molecule has 3 aromatic rings. The first-order chi connectivity index (χ1) is 15.9. The fourth-order valence-electron chi connectivity index (χ4n) is 4.46. The van der Waals surface area contributed by atoms with Crippen LogP contribution in [0.5, 0.6) is 11.5 Å². The number of benzene rings is 1. The number of pyridine rings is 1. The van der Waals surface area contributed by atoms with E-state index in [1.165, 1.54) is 4.90 Å². The van der Waals surface area contributed by atoms with E-state index in [-0.39, 0.29) is 13.1 Å². The Morgan fingerprint density at radius 2 is 1.82 bits per heavy atom. The number of phenols is 2. The van der Waals surface area contributed by atoms with Gasteiger partial charge < -0.3 is 19.9 Å². The van der Waals surface area contributed by atoms with E-state index < -0.39 is 34.9 Å². The predicted octanol–water partition coefficient (Wildman–Crippen LogP) is 3.05. The van der Waals surface area contributed by atoms with E-state index in [9.17, 15) is 23.8 Å². The Kier molecular flexibility index (Phi) is 5.29. The molecule has 1 aromatic carbocycles. The number of nitrogens with zero attached hydrogens (tertiary/aromatic N) is 4. The number of carbonyl (C=O) groups is 1. The highest BCUT2D eigenvalue weighted by Crippen LogP contribution is 2.41. The van der Waals surface area contributed by atoms with Gasteiger partial charge in [0.2, 0.25) is 0 Å². The molecule has 5 rings (SSSR count). The zero-order chi connectivity index (χ0) is 23.3. The lowest BCUT2D eigenvalue weighted by Gasteiger charge is -2.37. The van der Waals surface area contributed by atoms with Gasteiger partial charge in [-0.1, -0.05) is 0 Å². The molecular weight excluding hydrogens is 436 g/mol. The van der Waals surface area contributed by atoms with Gasteiger partial charge in [-0.05, 0) is 13.0 Å². The number of carbonyl (C=O) groups excluding carboxylic acids is 1. The Hall–Kier alpha value is -3.44. The highest BCUT2D eigenvalue weighted by atomic mass is 19.1. The molecule has 0 unspecified atom stereocenters. The van der Waals surface area contributed by atoms with Crippen molar-refractivity contribution in [1.82, 2.24) is 14.9 Å². The molecule has 174 valence electrons. The second-order valence-corrected chi connectivity index (χ2v) is 8.08. The van der Waals surface area contributed by atoms with Gasteiger partial charge in [0.1, 0.15) is 11.3 Å². The van der Waals surface area contributed by atoms with Gasteiger partial charge in [0.05, 0.1) is 25.4 Å². The standard InChI is InChI=1S/C22H23F2N5O4/c1-2-28-19-12(10-29(22(28)32)20-17(23)15(30)8-16(31)18(20)24)9-25-21-14(19)7-13(26-21)11-27-3-5-33-6-4-27/h7-9,30-31H,2-6,10-11H2,1H3,(H,25,26). The summed E-state index contributed by atoms with van der Waals surface area (Å²) in [7, 11) is 0. The van der Waals surface area contributed by atoms with E-state index in [4.69, 9.17) is 4.74 Å². The number of halogens is 2. The van der Waals surface area contributed by atoms with Crippen molar-refractivity contribution in [3.63, 3.8) is 0 Å². The first-order valence-electron chi connectivity index (χ1n) is 10.7. The summed E-state index contributed by atoms with van der Waals surface area (Å²) in [5.74, 6) is -4.53. The van der Waals surface area contributed by atoms with Crippen LogP contribution in [0.1, 0.15) is 18.2 Å². The number of phenolic OH excluding ortho intramolecular Hbond substituents is 2. The molecule has 0 bridgehead atoms. The molecule has 1 fully saturated rings. The maximum Gasteiger partial charge on any atom is 0.329 e. The minimum absolute atomic E-state index is 0.172. The van der Waals surface area contributed by atoms with Crippen LogP contribution in [0.2, 0.25) is 0 Å². The Morgan fingerprint density at radius 3 is 2.48 bits per heavy atom. The van der Waals surface area contributed by atoms with Crippen LogP contribution in [-0.2, 0) is 17.8 Å². The minimum atomic E-state index is -1.32. The van der Waals surface area contributed by atoms with Crippen molar-refractivity contribution in [3.05, 3.63) is 41.2 Å². The van der Waals surface area contributed by atoms with Crippen molar-refractivity contribution in [2.75, 3.05) is 42.6 Å². The van der Waals surface area contributed by atoms with Crippen LogP contribution < -0.4 is 9.80 Å². The number of rotatable bonds is 4. The van der Waals surface area contributed by atoms with Crippen LogP contribution in [0.3, 0.4) is 0 Å². The number of nitrogens with one attached hydrogen (secondary N) is 1. The molecule has 2 aliphatic heterocycles. The average Bonchev–Trinajstić information content (AvgIpc) is 3.21. The molecule has 3 N–H and O–H groups in total. The average molecular weight is 459 g/mol. The zero-order valence-corrected chi connectivity index (χ0v) is 17.9. The number of aromatic amines is 1. The lowest BCUT2D eigenvalue weighted by atomic mass is 10.1. The maximum absolute atomic E-state index is 14.6. The maximum atomic E-state index is 14.6. The van der Waals surface area contributed by atoms with Gasteiger partial charge in [0, 0.05) is 55.1 Å². The van der Waals surface area contributed by atoms with Gasteiger partial charge in [-0.2, -0.15) is 0 Å². The Morgan fingerprint density at radius 1 is 1.12 bits per heavy atom. The molecule has 0 atom stereocenters. The number of morpholine rings is 1. The molecule has 1 saturated heterocycles. The van der Waals surface area contributed by atoms with E-state index >= 15 is 0 Å². The molecule has 2 amide bonds. The largest absolute Gasteiger partial charge is 0.505 e. The number of amides is 2. The van der Waals surface area contributed by atoms with E-state index in [2.05, 4.69) is 14.9 Å². The molecule has 4 heterocycles. The summed E-state index contributed by atoms with van der Waals surface area (Å²) in [4.78, 5) is 25.6. The molecule has 0 saturated carbocycles.